The van der Waals surface area contributed by atoms with Gasteiger partial charge in [0.05, 0.1) is 22.8 Å². The molecule has 1 N–H and O–H groups in total. The smallest absolute Gasteiger partial charge is 0.282 e. The van der Waals surface area contributed by atoms with Crippen molar-refractivity contribution in [3.63, 3.8) is 0 Å². The fraction of sp³-hybridized carbons (Fsp3) is 0.267. The van der Waals surface area contributed by atoms with Crippen molar-refractivity contribution in [2.45, 2.75) is 6.54 Å². The van der Waals surface area contributed by atoms with E-state index in [1.165, 1.54) is 16.7 Å². The summed E-state index contributed by atoms with van der Waals surface area (Å²) in [6.45, 7) is 1.00. The average Bonchev–Trinajstić information content (AvgIpc) is 3.14. The highest BCUT2D eigenvalue weighted by molar-refractivity contribution is 8.13. The average molecular weight is 385 g/mol. The molecule has 3 rings (SSSR count). The van der Waals surface area contributed by atoms with Crippen LogP contribution in [-0.2, 0) is 11.3 Å². The normalized spacial score (nSPS) is 14.2. The van der Waals surface area contributed by atoms with Gasteiger partial charge >= 0.3 is 0 Å². The Hall–Kier alpha value is -1.70. The number of nitrogens with zero attached hydrogens (tertiary/aromatic N) is 3. The second-order valence-electron chi connectivity index (χ2n) is 5.17. The highest BCUT2D eigenvalue weighted by Gasteiger charge is 2.23. The molecule has 126 valence electrons. The molecule has 1 saturated heterocycles. The molecule has 1 fully saturated rings. The second kappa shape index (κ2) is 7.46. The summed E-state index contributed by atoms with van der Waals surface area (Å²) < 4.78 is 1.62. The van der Waals surface area contributed by atoms with Gasteiger partial charge in [-0.1, -0.05) is 47.1 Å². The predicted octanol–water partition coefficient (Wildman–Crippen LogP) is 3.35. The van der Waals surface area contributed by atoms with Gasteiger partial charge in [-0.05, 0) is 11.6 Å². The third-order valence-electron chi connectivity index (χ3n) is 3.52. The van der Waals surface area contributed by atoms with Gasteiger partial charge in [-0.3, -0.25) is 9.59 Å². The van der Waals surface area contributed by atoms with Crippen molar-refractivity contribution in [3.05, 3.63) is 46.1 Å². The van der Waals surface area contributed by atoms with Crippen molar-refractivity contribution in [2.75, 3.05) is 24.2 Å². The van der Waals surface area contributed by atoms with Crippen molar-refractivity contribution in [3.8, 4) is 0 Å². The number of amides is 2. The Morgan fingerprint density at radius 1 is 1.33 bits per heavy atom. The van der Waals surface area contributed by atoms with Crippen LogP contribution in [0.2, 0.25) is 10.0 Å². The largest absolute Gasteiger partial charge is 0.323 e. The highest BCUT2D eigenvalue weighted by atomic mass is 35.5. The molecule has 2 heterocycles. The molecule has 0 aliphatic carbocycles. The molecule has 6 nitrogen and oxygen atoms in total. The lowest BCUT2D eigenvalue weighted by Crippen LogP contribution is -2.33. The van der Waals surface area contributed by atoms with E-state index in [-0.39, 0.29) is 17.7 Å². The van der Waals surface area contributed by atoms with Gasteiger partial charge < -0.3 is 10.2 Å². The number of benzene rings is 1. The Kier molecular flexibility index (Phi) is 5.33. The molecule has 1 aromatic carbocycles. The summed E-state index contributed by atoms with van der Waals surface area (Å²) in [4.78, 5) is 25.2. The van der Waals surface area contributed by atoms with E-state index in [1.54, 1.807) is 23.0 Å². The minimum atomic E-state index is -0.259. The van der Waals surface area contributed by atoms with E-state index < -0.39 is 0 Å². The van der Waals surface area contributed by atoms with E-state index in [1.807, 2.05) is 12.1 Å². The Morgan fingerprint density at radius 2 is 2.17 bits per heavy atom. The molecule has 9 heteroatoms. The van der Waals surface area contributed by atoms with Crippen molar-refractivity contribution in [2.24, 2.45) is 0 Å². The minimum absolute atomic E-state index is 0.0366. The van der Waals surface area contributed by atoms with Crippen LogP contribution in [0, 0.1) is 0 Å². The molecule has 24 heavy (non-hydrogen) atoms. The zero-order chi connectivity index (χ0) is 17.1. The fourth-order valence-corrected chi connectivity index (χ4v) is 3.53. The summed E-state index contributed by atoms with van der Waals surface area (Å²) in [5, 5.41) is 7.84. The minimum Gasteiger partial charge on any atom is -0.323 e. The van der Waals surface area contributed by atoms with Gasteiger partial charge in [-0.15, -0.1) is 0 Å². The first-order chi connectivity index (χ1) is 11.5. The Balaban J connectivity index is 1.68. The predicted molar refractivity (Wildman–Crippen MR) is 95.8 cm³/mol. The van der Waals surface area contributed by atoms with Crippen molar-refractivity contribution < 1.29 is 9.59 Å². The number of aromatic nitrogens is 2. The van der Waals surface area contributed by atoms with Crippen LogP contribution in [0.3, 0.4) is 0 Å². The summed E-state index contributed by atoms with van der Waals surface area (Å²) in [5.74, 6) is 0.997. The number of nitrogens with one attached hydrogen (secondary N) is 1. The summed E-state index contributed by atoms with van der Waals surface area (Å²) in [5.41, 5.74) is 0.800. The molecular weight excluding hydrogens is 371 g/mol. The van der Waals surface area contributed by atoms with Crippen LogP contribution in [0.1, 0.15) is 5.56 Å². The molecule has 0 spiro atoms. The van der Waals surface area contributed by atoms with Crippen LogP contribution in [0.5, 0.6) is 0 Å². The van der Waals surface area contributed by atoms with E-state index in [2.05, 4.69) is 10.4 Å². The number of thioether (sulfide) groups is 1. The zero-order valence-corrected chi connectivity index (χ0v) is 14.9. The number of carbonyl (C=O) groups excluding carboxylic acids is 2. The van der Waals surface area contributed by atoms with Gasteiger partial charge in [0, 0.05) is 18.4 Å². The first kappa shape index (κ1) is 17.1. The first-order valence-electron chi connectivity index (χ1n) is 7.21. The number of anilines is 1. The highest BCUT2D eigenvalue weighted by Crippen LogP contribution is 2.26. The summed E-state index contributed by atoms with van der Waals surface area (Å²) in [6.07, 6.45) is 1.59. The van der Waals surface area contributed by atoms with E-state index >= 15 is 0 Å². The van der Waals surface area contributed by atoms with Crippen LogP contribution in [0.4, 0.5) is 10.6 Å². The maximum Gasteiger partial charge on any atom is 0.282 e. The third-order valence-corrected chi connectivity index (χ3v) is 5.27. The van der Waals surface area contributed by atoms with E-state index in [4.69, 9.17) is 23.2 Å². The van der Waals surface area contributed by atoms with Crippen molar-refractivity contribution in [1.29, 1.82) is 0 Å². The number of hydrogen-bond donors (Lipinski definition) is 1. The second-order valence-corrected chi connectivity index (χ2v) is 7.00. The van der Waals surface area contributed by atoms with Crippen LogP contribution in [0.15, 0.2) is 30.5 Å². The molecule has 1 aliphatic heterocycles. The molecule has 0 saturated carbocycles. The first-order valence-corrected chi connectivity index (χ1v) is 8.95. The molecule has 1 aliphatic rings. The Labute approximate surface area is 153 Å². The molecule has 0 radical (unpaired) electrons. The number of halogens is 2. The van der Waals surface area contributed by atoms with Crippen molar-refractivity contribution >= 4 is 51.9 Å². The number of carbonyl (C=O) groups is 2. The third kappa shape index (κ3) is 3.85. The lowest BCUT2D eigenvalue weighted by Gasteiger charge is -2.15. The summed E-state index contributed by atoms with van der Waals surface area (Å²) in [6, 6.07) is 7.06. The maximum absolute atomic E-state index is 12.1. The Bertz CT molecular complexity index is 781. The monoisotopic (exact) mass is 384 g/mol. The van der Waals surface area contributed by atoms with Crippen molar-refractivity contribution in [1.82, 2.24) is 14.7 Å². The van der Waals surface area contributed by atoms with Crippen LogP contribution < -0.4 is 5.32 Å². The van der Waals surface area contributed by atoms with Gasteiger partial charge in [0.25, 0.3) is 5.24 Å². The van der Waals surface area contributed by atoms with Gasteiger partial charge in [0.2, 0.25) is 5.91 Å². The molecule has 2 amide bonds. The van der Waals surface area contributed by atoms with Crippen LogP contribution >= 0.6 is 35.0 Å². The lowest BCUT2D eigenvalue weighted by atomic mass is 10.2. The molecule has 0 bridgehead atoms. The Morgan fingerprint density at radius 3 is 2.92 bits per heavy atom. The molecule has 0 unspecified atom stereocenters. The topological polar surface area (TPSA) is 67.2 Å². The van der Waals surface area contributed by atoms with Gasteiger partial charge in [0.1, 0.15) is 12.4 Å². The zero-order valence-electron chi connectivity index (χ0n) is 12.5. The van der Waals surface area contributed by atoms with Gasteiger partial charge in [-0.2, -0.15) is 5.10 Å². The number of rotatable bonds is 5. The summed E-state index contributed by atoms with van der Waals surface area (Å²) in [7, 11) is 0. The molecule has 1 aromatic heterocycles. The van der Waals surface area contributed by atoms with E-state index in [9.17, 15) is 9.59 Å². The lowest BCUT2D eigenvalue weighted by molar-refractivity contribution is -0.116. The maximum atomic E-state index is 12.1. The van der Waals surface area contributed by atoms with Crippen LogP contribution in [-0.4, -0.2) is 44.7 Å². The fourth-order valence-electron chi connectivity index (χ4n) is 2.32. The quantitative estimate of drug-likeness (QED) is 0.857. The number of hydrogen-bond acceptors (Lipinski definition) is 4. The standard InChI is InChI=1S/C15H14Cl2N4O2S/c16-11-3-1-2-10(14(11)17)8-21-12(4-5-18-21)19-13(22)9-20-6-7-24-15(20)23/h1-5H,6-9H2,(H,19,22). The summed E-state index contributed by atoms with van der Waals surface area (Å²) >= 11 is 13.4. The molecule has 0 atom stereocenters. The van der Waals surface area contributed by atoms with Crippen LogP contribution in [0.25, 0.3) is 0 Å². The van der Waals surface area contributed by atoms with Gasteiger partial charge in [-0.25, -0.2) is 4.68 Å². The molecular formula is C15H14Cl2N4O2S. The van der Waals surface area contributed by atoms with Gasteiger partial charge in [0.15, 0.2) is 0 Å². The van der Waals surface area contributed by atoms with E-state index in [0.29, 0.717) is 29.0 Å². The van der Waals surface area contributed by atoms with E-state index in [0.717, 1.165) is 11.3 Å². The molecule has 2 aromatic rings. The SMILES string of the molecule is O=C(CN1CCSC1=O)Nc1ccnn1Cc1cccc(Cl)c1Cl.